The lowest BCUT2D eigenvalue weighted by Gasteiger charge is -2.18. The second-order valence-corrected chi connectivity index (χ2v) is 8.13. The lowest BCUT2D eigenvalue weighted by molar-refractivity contribution is -0.274. The third-order valence-electron chi connectivity index (χ3n) is 5.58. The number of fused-ring (bicyclic) bond motifs is 1. The van der Waals surface area contributed by atoms with Crippen LogP contribution in [0.2, 0.25) is 0 Å². The maximum absolute atomic E-state index is 12.4. The molecule has 1 aliphatic heterocycles. The number of benzene rings is 3. The van der Waals surface area contributed by atoms with Crippen molar-refractivity contribution in [3.05, 3.63) is 83.4 Å². The largest absolute Gasteiger partial charge is 0.573 e. The van der Waals surface area contributed by atoms with Gasteiger partial charge in [-0.15, -0.1) is 13.2 Å². The van der Waals surface area contributed by atoms with Crippen LogP contribution in [0.3, 0.4) is 0 Å². The van der Waals surface area contributed by atoms with E-state index >= 15 is 0 Å². The molecule has 0 radical (unpaired) electrons. The van der Waals surface area contributed by atoms with E-state index < -0.39 is 12.3 Å². The van der Waals surface area contributed by atoms with Crippen LogP contribution in [0, 0.1) is 0 Å². The molecule has 4 rings (SSSR count). The van der Waals surface area contributed by atoms with Crippen molar-refractivity contribution in [3.8, 4) is 17.2 Å². The van der Waals surface area contributed by atoms with Gasteiger partial charge >= 0.3 is 12.3 Å². The number of carbonyl (C=O) groups is 1. The zero-order chi connectivity index (χ0) is 25.5. The van der Waals surface area contributed by atoms with E-state index in [1.54, 1.807) is 25.1 Å². The van der Waals surface area contributed by atoms with E-state index in [2.05, 4.69) is 9.64 Å². The van der Waals surface area contributed by atoms with Gasteiger partial charge in [-0.3, -0.25) is 0 Å². The van der Waals surface area contributed by atoms with Gasteiger partial charge in [-0.25, -0.2) is 4.79 Å². The molecule has 1 aliphatic rings. The second-order valence-electron chi connectivity index (χ2n) is 8.13. The molecule has 0 N–H and O–H groups in total. The molecule has 0 bridgehead atoms. The molecule has 9 heteroatoms. The molecule has 1 heterocycles. The standard InChI is InChI=1S/C27H26F3NO5/c1-2-33-26(32)18-35-23-7-3-5-19(15-23)13-14-34-25-8-4-6-20-16-31(17-24(20)25)21-9-11-22(12-10-21)36-27(28,29)30/h3-12,15H,2,13-14,16-18H2,1H3. The Kier molecular flexibility index (Phi) is 7.87. The van der Waals surface area contributed by atoms with Gasteiger partial charge in [-0.1, -0.05) is 24.3 Å². The number of ether oxygens (including phenoxy) is 4. The lowest BCUT2D eigenvalue weighted by atomic mass is 10.1. The number of hydrogen-bond donors (Lipinski definition) is 0. The van der Waals surface area contributed by atoms with Crippen LogP contribution in [-0.4, -0.2) is 32.2 Å². The summed E-state index contributed by atoms with van der Waals surface area (Å²) in [5.41, 5.74) is 3.97. The summed E-state index contributed by atoms with van der Waals surface area (Å²) in [7, 11) is 0. The zero-order valence-corrected chi connectivity index (χ0v) is 19.7. The molecule has 0 saturated carbocycles. The molecule has 0 atom stereocenters. The van der Waals surface area contributed by atoms with Gasteiger partial charge in [0.2, 0.25) is 0 Å². The Balaban J connectivity index is 1.33. The maximum Gasteiger partial charge on any atom is 0.573 e. The molecule has 0 amide bonds. The topological polar surface area (TPSA) is 57.2 Å². The molecule has 0 unspecified atom stereocenters. The van der Waals surface area contributed by atoms with Crippen LogP contribution in [0.5, 0.6) is 17.2 Å². The minimum Gasteiger partial charge on any atom is -0.493 e. The fourth-order valence-corrected chi connectivity index (χ4v) is 3.98. The third kappa shape index (κ3) is 6.84. The minimum absolute atomic E-state index is 0.140. The van der Waals surface area contributed by atoms with Crippen molar-refractivity contribution >= 4 is 11.7 Å². The second kappa shape index (κ2) is 11.2. The Labute approximate surface area is 207 Å². The number of carbonyl (C=O) groups excluding carboxylic acids is 1. The van der Waals surface area contributed by atoms with Crippen molar-refractivity contribution in [2.45, 2.75) is 32.8 Å². The molecule has 0 aromatic heterocycles. The fraction of sp³-hybridized carbons (Fsp3) is 0.296. The molecule has 0 saturated heterocycles. The van der Waals surface area contributed by atoms with Crippen LogP contribution in [-0.2, 0) is 29.0 Å². The molecule has 190 valence electrons. The van der Waals surface area contributed by atoms with E-state index in [4.69, 9.17) is 14.2 Å². The van der Waals surface area contributed by atoms with Crippen LogP contribution in [0.4, 0.5) is 18.9 Å². The number of rotatable bonds is 10. The van der Waals surface area contributed by atoms with Crippen molar-refractivity contribution in [2.75, 3.05) is 24.7 Å². The van der Waals surface area contributed by atoms with E-state index in [1.165, 1.54) is 12.1 Å². The van der Waals surface area contributed by atoms with E-state index in [1.807, 2.05) is 36.4 Å². The van der Waals surface area contributed by atoms with Crippen LogP contribution < -0.4 is 19.1 Å². The van der Waals surface area contributed by atoms with Gasteiger partial charge in [-0.05, 0) is 60.5 Å². The normalized spacial score (nSPS) is 12.7. The Morgan fingerprint density at radius 2 is 1.72 bits per heavy atom. The zero-order valence-electron chi connectivity index (χ0n) is 19.7. The van der Waals surface area contributed by atoms with E-state index in [-0.39, 0.29) is 12.4 Å². The van der Waals surface area contributed by atoms with Crippen LogP contribution in [0.25, 0.3) is 0 Å². The van der Waals surface area contributed by atoms with Crippen molar-refractivity contribution in [1.82, 2.24) is 0 Å². The lowest BCUT2D eigenvalue weighted by Crippen LogP contribution is -2.17. The smallest absolute Gasteiger partial charge is 0.493 e. The molecular weight excluding hydrogens is 475 g/mol. The number of esters is 1. The van der Waals surface area contributed by atoms with Gasteiger partial charge in [0.05, 0.1) is 13.2 Å². The van der Waals surface area contributed by atoms with E-state index in [0.717, 1.165) is 28.1 Å². The highest BCUT2D eigenvalue weighted by molar-refractivity contribution is 5.71. The summed E-state index contributed by atoms with van der Waals surface area (Å²) in [5.74, 6) is 0.705. The van der Waals surface area contributed by atoms with Gasteiger partial charge in [0.15, 0.2) is 6.61 Å². The summed E-state index contributed by atoms with van der Waals surface area (Å²) in [5, 5.41) is 0. The van der Waals surface area contributed by atoms with Crippen LogP contribution >= 0.6 is 0 Å². The highest BCUT2D eigenvalue weighted by atomic mass is 19.4. The Morgan fingerprint density at radius 1 is 0.944 bits per heavy atom. The highest BCUT2D eigenvalue weighted by Crippen LogP contribution is 2.35. The van der Waals surface area contributed by atoms with Gasteiger partial charge in [0.1, 0.15) is 17.2 Å². The summed E-state index contributed by atoms with van der Waals surface area (Å²) in [6.45, 7) is 3.57. The van der Waals surface area contributed by atoms with Gasteiger partial charge in [0.25, 0.3) is 0 Å². The molecule has 0 spiro atoms. The van der Waals surface area contributed by atoms with E-state index in [0.29, 0.717) is 38.5 Å². The Hall–Kier alpha value is -3.88. The first kappa shape index (κ1) is 25.2. The molecule has 3 aromatic rings. The summed E-state index contributed by atoms with van der Waals surface area (Å²) in [6, 6.07) is 19.2. The molecule has 3 aromatic carbocycles. The van der Waals surface area contributed by atoms with Crippen molar-refractivity contribution in [3.63, 3.8) is 0 Å². The average Bonchev–Trinajstić information content (AvgIpc) is 3.28. The third-order valence-corrected chi connectivity index (χ3v) is 5.58. The predicted molar refractivity (Wildman–Crippen MR) is 127 cm³/mol. The first-order chi connectivity index (χ1) is 17.3. The first-order valence-corrected chi connectivity index (χ1v) is 11.5. The Morgan fingerprint density at radius 3 is 2.47 bits per heavy atom. The van der Waals surface area contributed by atoms with Gasteiger partial charge in [0, 0.05) is 30.8 Å². The van der Waals surface area contributed by atoms with Crippen LogP contribution in [0.1, 0.15) is 23.6 Å². The molecule has 0 aliphatic carbocycles. The molecule has 36 heavy (non-hydrogen) atoms. The monoisotopic (exact) mass is 501 g/mol. The maximum atomic E-state index is 12.4. The number of anilines is 1. The number of hydrogen-bond acceptors (Lipinski definition) is 6. The van der Waals surface area contributed by atoms with Gasteiger partial charge in [-0.2, -0.15) is 0 Å². The van der Waals surface area contributed by atoms with Crippen molar-refractivity contribution in [2.24, 2.45) is 0 Å². The SMILES string of the molecule is CCOC(=O)COc1cccc(CCOc2cccc3c2CN(c2ccc(OC(F)(F)F)cc2)C3)c1. The predicted octanol–water partition coefficient (Wildman–Crippen LogP) is 5.67. The summed E-state index contributed by atoms with van der Waals surface area (Å²) < 4.78 is 57.7. The molecular formula is C27H26F3NO5. The summed E-state index contributed by atoms with van der Waals surface area (Å²) in [4.78, 5) is 13.6. The molecule has 0 fully saturated rings. The van der Waals surface area contributed by atoms with Crippen molar-refractivity contribution in [1.29, 1.82) is 0 Å². The summed E-state index contributed by atoms with van der Waals surface area (Å²) in [6.07, 6.45) is -4.07. The fourth-order valence-electron chi connectivity index (χ4n) is 3.98. The Bertz CT molecular complexity index is 1180. The number of alkyl halides is 3. The number of halogens is 3. The van der Waals surface area contributed by atoms with Crippen LogP contribution in [0.15, 0.2) is 66.7 Å². The minimum atomic E-state index is -4.71. The number of nitrogens with zero attached hydrogens (tertiary/aromatic N) is 1. The first-order valence-electron chi connectivity index (χ1n) is 11.5. The summed E-state index contributed by atoms with van der Waals surface area (Å²) >= 11 is 0. The highest BCUT2D eigenvalue weighted by Gasteiger charge is 2.31. The van der Waals surface area contributed by atoms with Crippen molar-refractivity contribution < 1.29 is 36.9 Å². The van der Waals surface area contributed by atoms with E-state index in [9.17, 15) is 18.0 Å². The average molecular weight is 502 g/mol. The molecule has 6 nitrogen and oxygen atoms in total. The van der Waals surface area contributed by atoms with Gasteiger partial charge < -0.3 is 23.8 Å². The quantitative estimate of drug-likeness (QED) is 0.334.